The van der Waals surface area contributed by atoms with Crippen molar-refractivity contribution in [3.8, 4) is 0 Å². The van der Waals surface area contributed by atoms with E-state index >= 15 is 0 Å². The van der Waals surface area contributed by atoms with Crippen LogP contribution in [0, 0.1) is 5.92 Å². The van der Waals surface area contributed by atoms with Crippen LogP contribution in [0.1, 0.15) is 12.8 Å². The third-order valence-corrected chi connectivity index (χ3v) is 3.17. The predicted octanol–water partition coefficient (Wildman–Crippen LogP) is 1.82. The van der Waals surface area contributed by atoms with E-state index in [2.05, 4.69) is 4.74 Å². The molecule has 0 amide bonds. The fraction of sp³-hybridized carbons (Fsp3) is 0.875. The summed E-state index contributed by atoms with van der Waals surface area (Å²) in [7, 11) is 1.15. The maximum Gasteiger partial charge on any atom is 0.311 e. The highest BCUT2D eigenvalue weighted by molar-refractivity contribution is 7.94. The van der Waals surface area contributed by atoms with E-state index in [1.54, 1.807) is 0 Å². The molecule has 1 aliphatic rings. The van der Waals surface area contributed by atoms with Crippen molar-refractivity contribution in [3.05, 3.63) is 0 Å². The highest BCUT2D eigenvalue weighted by Crippen LogP contribution is 2.35. The number of carbonyl (C=O) groups excluding carboxylic acids is 1. The molecule has 1 N–H and O–H groups in total. The Morgan fingerprint density at radius 3 is 2.57 bits per heavy atom. The van der Waals surface area contributed by atoms with Crippen LogP contribution < -0.4 is 0 Å². The van der Waals surface area contributed by atoms with Crippen molar-refractivity contribution in [2.75, 3.05) is 7.11 Å². The minimum absolute atomic E-state index is 0.151. The van der Waals surface area contributed by atoms with Gasteiger partial charge in [-0.05, 0) is 24.9 Å². The maximum absolute atomic E-state index is 13.3. The number of hydrogen-bond donors (Lipinski definition) is 1. The zero-order valence-corrected chi connectivity index (χ0v) is 8.47. The van der Waals surface area contributed by atoms with Crippen LogP contribution >= 0.6 is 12.0 Å². The molecular weight excluding hydrogens is 214 g/mol. The third kappa shape index (κ3) is 2.36. The van der Waals surface area contributed by atoms with Crippen molar-refractivity contribution in [1.82, 2.24) is 0 Å². The minimum atomic E-state index is -1.43. The largest absolute Gasteiger partial charge is 0.469 e. The van der Waals surface area contributed by atoms with Crippen molar-refractivity contribution in [2.24, 2.45) is 5.92 Å². The van der Waals surface area contributed by atoms with Crippen molar-refractivity contribution in [3.63, 3.8) is 0 Å². The summed E-state index contributed by atoms with van der Waals surface area (Å²) in [5.74, 6) is -1.75. The SMILES string of the molecule is COC(=O)C1CC(F)C(SO)CC1F. The Hall–Kier alpha value is -0.360. The van der Waals surface area contributed by atoms with Gasteiger partial charge in [-0.2, -0.15) is 0 Å². The van der Waals surface area contributed by atoms with Crippen molar-refractivity contribution >= 4 is 18.0 Å². The summed E-state index contributed by atoms with van der Waals surface area (Å²) < 4.78 is 39.5. The fourth-order valence-electron chi connectivity index (χ4n) is 1.58. The fourth-order valence-corrected chi connectivity index (χ4v) is 2.09. The van der Waals surface area contributed by atoms with Gasteiger partial charge < -0.3 is 9.29 Å². The van der Waals surface area contributed by atoms with Gasteiger partial charge in [0.05, 0.1) is 18.3 Å². The molecule has 6 heteroatoms. The summed E-state index contributed by atoms with van der Waals surface area (Å²) in [6.07, 6.45) is -3.16. The van der Waals surface area contributed by atoms with Crippen molar-refractivity contribution in [1.29, 1.82) is 0 Å². The molecule has 0 bridgehead atoms. The Morgan fingerprint density at radius 2 is 2.07 bits per heavy atom. The second-order valence-corrected chi connectivity index (χ2v) is 4.09. The average Bonchev–Trinajstić information content (AvgIpc) is 2.19. The van der Waals surface area contributed by atoms with Gasteiger partial charge in [0, 0.05) is 0 Å². The van der Waals surface area contributed by atoms with Gasteiger partial charge in [0.15, 0.2) is 0 Å². The maximum atomic E-state index is 13.3. The standard InChI is InChI=1S/C8H12F2O3S/c1-13-8(11)4-2-6(10)7(14-12)3-5(4)9/h4-7,12H,2-3H2,1H3. The molecule has 4 unspecified atom stereocenters. The first-order valence-corrected chi connectivity index (χ1v) is 5.10. The number of halogens is 2. The van der Waals surface area contributed by atoms with Crippen LogP contribution in [-0.4, -0.2) is 35.2 Å². The second-order valence-electron chi connectivity index (χ2n) is 3.28. The second kappa shape index (κ2) is 4.93. The molecule has 0 spiro atoms. The quantitative estimate of drug-likeness (QED) is 0.576. The minimum Gasteiger partial charge on any atom is -0.469 e. The summed E-state index contributed by atoms with van der Waals surface area (Å²) in [5, 5.41) is -0.772. The van der Waals surface area contributed by atoms with Crippen LogP contribution in [0.2, 0.25) is 0 Å². The zero-order chi connectivity index (χ0) is 10.7. The van der Waals surface area contributed by atoms with Gasteiger partial charge in [0.2, 0.25) is 0 Å². The first kappa shape index (κ1) is 11.7. The van der Waals surface area contributed by atoms with Crippen molar-refractivity contribution < 1.29 is 22.9 Å². The normalized spacial score (nSPS) is 38.0. The lowest BCUT2D eigenvalue weighted by molar-refractivity contribution is -0.150. The van der Waals surface area contributed by atoms with Gasteiger partial charge in [0.1, 0.15) is 12.3 Å². The van der Waals surface area contributed by atoms with Crippen LogP contribution in [0.5, 0.6) is 0 Å². The molecule has 1 aliphatic carbocycles. The van der Waals surface area contributed by atoms with Gasteiger partial charge in [-0.1, -0.05) is 0 Å². The lowest BCUT2D eigenvalue weighted by atomic mass is 9.86. The van der Waals surface area contributed by atoms with Crippen LogP contribution in [0.25, 0.3) is 0 Å². The smallest absolute Gasteiger partial charge is 0.311 e. The summed E-state index contributed by atoms with van der Waals surface area (Å²) >= 11 is 0.312. The lowest BCUT2D eigenvalue weighted by Crippen LogP contribution is -2.40. The molecule has 1 rings (SSSR count). The number of methoxy groups -OCH3 is 1. The average molecular weight is 226 g/mol. The molecular formula is C8H12F2O3S. The Bertz CT molecular complexity index is 215. The Morgan fingerprint density at radius 1 is 1.43 bits per heavy atom. The Balaban J connectivity index is 2.61. The summed E-state index contributed by atoms with van der Waals surface area (Å²) in [4.78, 5) is 11.0. The number of ether oxygens (including phenoxy) is 1. The van der Waals surface area contributed by atoms with E-state index in [4.69, 9.17) is 4.55 Å². The molecule has 14 heavy (non-hydrogen) atoms. The van der Waals surface area contributed by atoms with E-state index < -0.39 is 29.5 Å². The molecule has 82 valence electrons. The van der Waals surface area contributed by atoms with Crippen molar-refractivity contribution in [2.45, 2.75) is 30.4 Å². The number of rotatable bonds is 2. The van der Waals surface area contributed by atoms with E-state index in [9.17, 15) is 13.6 Å². The van der Waals surface area contributed by atoms with Gasteiger partial charge in [-0.15, -0.1) is 0 Å². The molecule has 3 nitrogen and oxygen atoms in total. The molecule has 0 aromatic heterocycles. The lowest BCUT2D eigenvalue weighted by Gasteiger charge is -2.30. The molecule has 1 saturated carbocycles. The van der Waals surface area contributed by atoms with Crippen LogP contribution in [0.15, 0.2) is 0 Å². The zero-order valence-electron chi connectivity index (χ0n) is 7.65. The van der Waals surface area contributed by atoms with E-state index in [1.807, 2.05) is 0 Å². The van der Waals surface area contributed by atoms with E-state index in [-0.39, 0.29) is 12.8 Å². The van der Waals surface area contributed by atoms with Gasteiger partial charge in [0.25, 0.3) is 0 Å². The summed E-state index contributed by atoms with van der Waals surface area (Å²) in [6, 6.07) is 0. The van der Waals surface area contributed by atoms with Gasteiger partial charge >= 0.3 is 5.97 Å². The Kier molecular flexibility index (Phi) is 4.12. The molecule has 0 heterocycles. The van der Waals surface area contributed by atoms with E-state index in [0.717, 1.165) is 7.11 Å². The molecule has 0 saturated heterocycles. The predicted molar refractivity (Wildman–Crippen MR) is 48.5 cm³/mol. The molecule has 1 fully saturated rings. The summed E-state index contributed by atoms with van der Waals surface area (Å²) in [6.45, 7) is 0. The number of alkyl halides is 2. The molecule has 0 radical (unpaired) electrons. The van der Waals surface area contributed by atoms with Gasteiger partial charge in [-0.3, -0.25) is 4.79 Å². The monoisotopic (exact) mass is 226 g/mol. The number of esters is 1. The molecule has 0 aromatic rings. The Labute approximate surface area is 85.0 Å². The highest BCUT2D eigenvalue weighted by Gasteiger charge is 2.42. The number of carbonyl (C=O) groups is 1. The van der Waals surface area contributed by atoms with Crippen LogP contribution in [-0.2, 0) is 9.53 Å². The number of hydrogen-bond acceptors (Lipinski definition) is 4. The topological polar surface area (TPSA) is 46.5 Å². The summed E-state index contributed by atoms with van der Waals surface area (Å²) in [5.41, 5.74) is 0. The molecule has 4 atom stereocenters. The molecule has 0 aromatic carbocycles. The van der Waals surface area contributed by atoms with Gasteiger partial charge in [-0.25, -0.2) is 8.78 Å². The van der Waals surface area contributed by atoms with Crippen LogP contribution in [0.4, 0.5) is 8.78 Å². The molecule has 0 aliphatic heterocycles. The third-order valence-electron chi connectivity index (χ3n) is 2.42. The first-order chi connectivity index (χ1) is 6.60. The van der Waals surface area contributed by atoms with E-state index in [0.29, 0.717) is 12.0 Å². The van der Waals surface area contributed by atoms with E-state index in [1.165, 1.54) is 0 Å². The highest BCUT2D eigenvalue weighted by atomic mass is 32.2. The van der Waals surface area contributed by atoms with Crippen LogP contribution in [0.3, 0.4) is 0 Å². The first-order valence-electron chi connectivity index (χ1n) is 4.26.